The van der Waals surface area contributed by atoms with E-state index in [0.717, 1.165) is 5.56 Å². The molecule has 0 atom stereocenters. The number of sulfone groups is 1. The highest BCUT2D eigenvalue weighted by Gasteiger charge is 2.28. The Labute approximate surface area is 138 Å². The van der Waals surface area contributed by atoms with E-state index >= 15 is 0 Å². The molecule has 0 saturated carbocycles. The number of nitrogens with one attached hydrogen (secondary N) is 2. The fourth-order valence-electron chi connectivity index (χ4n) is 1.76. The van der Waals surface area contributed by atoms with Gasteiger partial charge in [0.05, 0.1) is 10.5 Å². The highest BCUT2D eigenvalue weighted by atomic mass is 32.2. The first kappa shape index (κ1) is 19.4. The van der Waals surface area contributed by atoms with Gasteiger partial charge in [-0.05, 0) is 44.9 Å². The molecule has 0 spiro atoms. The van der Waals surface area contributed by atoms with Crippen LogP contribution in [0.4, 0.5) is 4.39 Å². The molecule has 0 bridgehead atoms. The van der Waals surface area contributed by atoms with E-state index in [1.54, 1.807) is 40.8 Å². The molecule has 0 unspecified atom stereocenters. The Balaban J connectivity index is 2.51. The molecule has 1 rings (SSSR count). The standard InChI is InChI=1S/C16H26FN3O2S/c1-12-6-7-13(10-14(12)17)11-20-15(18-5)19-8-9-23(21,22)16(2,3)4/h6-7,10H,8-9,11H2,1-5H3,(H2,18,19,20). The van der Waals surface area contributed by atoms with Crippen molar-refractivity contribution in [3.8, 4) is 0 Å². The summed E-state index contributed by atoms with van der Waals surface area (Å²) in [6.45, 7) is 7.43. The van der Waals surface area contributed by atoms with Crippen molar-refractivity contribution in [2.24, 2.45) is 4.99 Å². The molecular formula is C16H26FN3O2S. The molecule has 130 valence electrons. The van der Waals surface area contributed by atoms with E-state index in [1.807, 2.05) is 6.07 Å². The summed E-state index contributed by atoms with van der Waals surface area (Å²) >= 11 is 0. The summed E-state index contributed by atoms with van der Waals surface area (Å²) in [5.74, 6) is 0.259. The molecule has 0 radical (unpaired) electrons. The Morgan fingerprint density at radius 3 is 2.43 bits per heavy atom. The molecular weight excluding hydrogens is 317 g/mol. The Kier molecular flexibility index (Phi) is 6.56. The van der Waals surface area contributed by atoms with Gasteiger partial charge in [-0.1, -0.05) is 12.1 Å². The summed E-state index contributed by atoms with van der Waals surface area (Å²) in [6, 6.07) is 5.03. The second-order valence-corrected chi connectivity index (χ2v) is 9.23. The lowest BCUT2D eigenvalue weighted by Gasteiger charge is -2.19. The second-order valence-electron chi connectivity index (χ2n) is 6.37. The lowest BCUT2D eigenvalue weighted by atomic mass is 10.1. The van der Waals surface area contributed by atoms with Gasteiger partial charge in [-0.2, -0.15) is 0 Å². The van der Waals surface area contributed by atoms with Crippen molar-refractivity contribution in [3.63, 3.8) is 0 Å². The van der Waals surface area contributed by atoms with Gasteiger partial charge in [0, 0.05) is 20.1 Å². The molecule has 0 aromatic heterocycles. The fraction of sp³-hybridized carbons (Fsp3) is 0.562. The molecule has 1 aromatic rings. The lowest BCUT2D eigenvalue weighted by Crippen LogP contribution is -2.41. The molecule has 0 saturated heterocycles. The number of rotatable bonds is 5. The summed E-state index contributed by atoms with van der Waals surface area (Å²) in [5.41, 5.74) is 1.39. The maximum atomic E-state index is 13.5. The van der Waals surface area contributed by atoms with Crippen molar-refractivity contribution in [2.75, 3.05) is 19.3 Å². The van der Waals surface area contributed by atoms with Gasteiger partial charge in [0.15, 0.2) is 15.8 Å². The third kappa shape index (κ3) is 5.82. The van der Waals surface area contributed by atoms with Crippen LogP contribution < -0.4 is 10.6 Å². The maximum Gasteiger partial charge on any atom is 0.191 e. The summed E-state index contributed by atoms with van der Waals surface area (Å²) in [5, 5.41) is 5.99. The average Bonchev–Trinajstić information content (AvgIpc) is 2.44. The van der Waals surface area contributed by atoms with Crippen molar-refractivity contribution >= 4 is 15.8 Å². The number of nitrogens with zero attached hydrogens (tertiary/aromatic N) is 1. The van der Waals surface area contributed by atoms with E-state index in [1.165, 1.54) is 6.07 Å². The van der Waals surface area contributed by atoms with Crippen LogP contribution >= 0.6 is 0 Å². The minimum atomic E-state index is -3.17. The van der Waals surface area contributed by atoms with Gasteiger partial charge in [0.2, 0.25) is 0 Å². The van der Waals surface area contributed by atoms with Crippen LogP contribution in [0.2, 0.25) is 0 Å². The zero-order valence-corrected chi connectivity index (χ0v) is 15.2. The predicted octanol–water partition coefficient (Wildman–Crippen LogP) is 2.01. The lowest BCUT2D eigenvalue weighted by molar-refractivity contribution is 0.559. The summed E-state index contributed by atoms with van der Waals surface area (Å²) in [4.78, 5) is 4.03. The summed E-state index contributed by atoms with van der Waals surface area (Å²) in [7, 11) is -1.57. The predicted molar refractivity (Wildman–Crippen MR) is 92.9 cm³/mol. The zero-order valence-electron chi connectivity index (χ0n) is 14.4. The van der Waals surface area contributed by atoms with Crippen molar-refractivity contribution in [1.29, 1.82) is 0 Å². The maximum absolute atomic E-state index is 13.5. The molecule has 5 nitrogen and oxygen atoms in total. The summed E-state index contributed by atoms with van der Waals surface area (Å²) in [6.07, 6.45) is 0. The molecule has 23 heavy (non-hydrogen) atoms. The van der Waals surface area contributed by atoms with Crippen LogP contribution in [0.25, 0.3) is 0 Å². The van der Waals surface area contributed by atoms with Crippen molar-refractivity contribution in [2.45, 2.75) is 39.0 Å². The molecule has 0 aliphatic heterocycles. The van der Waals surface area contributed by atoms with Crippen LogP contribution in [-0.2, 0) is 16.4 Å². The molecule has 0 aliphatic carbocycles. The van der Waals surface area contributed by atoms with Crippen molar-refractivity contribution in [3.05, 3.63) is 35.1 Å². The summed E-state index contributed by atoms with van der Waals surface area (Å²) < 4.78 is 36.8. The minimum Gasteiger partial charge on any atom is -0.355 e. The molecule has 0 fully saturated rings. The Morgan fingerprint density at radius 1 is 1.26 bits per heavy atom. The van der Waals surface area contributed by atoms with E-state index in [-0.39, 0.29) is 18.1 Å². The van der Waals surface area contributed by atoms with Crippen molar-refractivity contribution in [1.82, 2.24) is 10.6 Å². The number of hydrogen-bond acceptors (Lipinski definition) is 3. The second kappa shape index (κ2) is 7.77. The molecule has 0 heterocycles. The van der Waals surface area contributed by atoms with Gasteiger partial charge in [-0.25, -0.2) is 12.8 Å². The van der Waals surface area contributed by atoms with Gasteiger partial charge in [-0.15, -0.1) is 0 Å². The average molecular weight is 343 g/mol. The number of guanidine groups is 1. The van der Waals surface area contributed by atoms with Crippen LogP contribution in [0.5, 0.6) is 0 Å². The topological polar surface area (TPSA) is 70.6 Å². The van der Waals surface area contributed by atoms with Crippen LogP contribution in [0.3, 0.4) is 0 Å². The van der Waals surface area contributed by atoms with E-state index in [0.29, 0.717) is 18.1 Å². The van der Waals surface area contributed by atoms with Crippen LogP contribution in [0, 0.1) is 12.7 Å². The third-order valence-corrected chi connectivity index (χ3v) is 6.12. The fourth-order valence-corrected chi connectivity index (χ4v) is 2.75. The van der Waals surface area contributed by atoms with Gasteiger partial charge in [-0.3, -0.25) is 4.99 Å². The number of halogens is 1. The van der Waals surface area contributed by atoms with E-state index < -0.39 is 14.6 Å². The molecule has 7 heteroatoms. The van der Waals surface area contributed by atoms with Gasteiger partial charge < -0.3 is 10.6 Å². The first-order valence-corrected chi connectivity index (χ1v) is 9.14. The molecule has 0 aliphatic rings. The molecule has 1 aromatic carbocycles. The van der Waals surface area contributed by atoms with E-state index in [9.17, 15) is 12.8 Å². The largest absolute Gasteiger partial charge is 0.355 e. The first-order valence-electron chi connectivity index (χ1n) is 7.48. The number of benzene rings is 1. The van der Waals surface area contributed by atoms with Gasteiger partial charge >= 0.3 is 0 Å². The SMILES string of the molecule is CN=C(NCCS(=O)(=O)C(C)(C)C)NCc1ccc(C)c(F)c1. The van der Waals surface area contributed by atoms with E-state index in [4.69, 9.17) is 0 Å². The monoisotopic (exact) mass is 343 g/mol. The Hall–Kier alpha value is -1.63. The Morgan fingerprint density at radius 2 is 1.91 bits per heavy atom. The van der Waals surface area contributed by atoms with Crippen LogP contribution in [-0.4, -0.2) is 38.5 Å². The van der Waals surface area contributed by atoms with Gasteiger partial charge in [0.1, 0.15) is 5.82 Å². The number of aryl methyl sites for hydroxylation is 1. The first-order chi connectivity index (χ1) is 10.6. The smallest absolute Gasteiger partial charge is 0.191 e. The normalized spacial score (nSPS) is 13.0. The van der Waals surface area contributed by atoms with Crippen LogP contribution in [0.15, 0.2) is 23.2 Å². The van der Waals surface area contributed by atoms with Crippen LogP contribution in [0.1, 0.15) is 31.9 Å². The molecule has 0 amide bonds. The number of hydrogen-bond donors (Lipinski definition) is 2. The highest BCUT2D eigenvalue weighted by molar-refractivity contribution is 7.92. The Bertz CT molecular complexity index is 664. The third-order valence-electron chi connectivity index (χ3n) is 3.52. The van der Waals surface area contributed by atoms with E-state index in [2.05, 4.69) is 15.6 Å². The number of aliphatic imine (C=N–C) groups is 1. The minimum absolute atomic E-state index is 0.0242. The highest BCUT2D eigenvalue weighted by Crippen LogP contribution is 2.15. The quantitative estimate of drug-likeness (QED) is 0.634. The molecule has 2 N–H and O–H groups in total. The van der Waals surface area contributed by atoms with Crippen molar-refractivity contribution < 1.29 is 12.8 Å². The van der Waals surface area contributed by atoms with Gasteiger partial charge in [0.25, 0.3) is 0 Å². The zero-order chi connectivity index (χ0) is 17.7.